The first kappa shape index (κ1) is 24.5. The minimum absolute atomic E-state index is 0.0799. The number of nitrogens with two attached hydrogens (primary N) is 1. The Balaban J connectivity index is 1.59. The van der Waals surface area contributed by atoms with Gasteiger partial charge in [0.05, 0.1) is 29.0 Å². The average Bonchev–Trinajstić information content (AvgIpc) is 2.89. The summed E-state index contributed by atoms with van der Waals surface area (Å²) in [5.41, 5.74) is 7.63. The van der Waals surface area contributed by atoms with Crippen LogP contribution >= 0.6 is 23.4 Å². The van der Waals surface area contributed by atoms with Gasteiger partial charge in [0.25, 0.3) is 5.56 Å². The van der Waals surface area contributed by atoms with Crippen LogP contribution in [0.15, 0.2) is 82.7 Å². The number of hydrogen-bond acceptors (Lipinski definition) is 9. The number of rotatable bonds is 7. The van der Waals surface area contributed by atoms with E-state index in [1.165, 1.54) is 16.3 Å². The van der Waals surface area contributed by atoms with Gasteiger partial charge in [-0.1, -0.05) is 53.7 Å². The molecule has 9 nitrogen and oxygen atoms in total. The standard InChI is InChI=1S/C26H22ClN7O2S/c1-15(22-31-24(28)33-25(32-22)29-17-8-4-3-5-9-17)37-26-30-19-14-16(27)12-13-18(19)23(35)34(26)20-10-6-7-11-21(20)36-2/h3-15H,1-2H3,(H3,28,29,31,32,33). The predicted molar refractivity (Wildman–Crippen MR) is 147 cm³/mol. The number of hydrogen-bond donors (Lipinski definition) is 2. The molecule has 11 heteroatoms. The normalized spacial score (nSPS) is 11.9. The molecule has 3 aromatic carbocycles. The highest BCUT2D eigenvalue weighted by Gasteiger charge is 2.21. The van der Waals surface area contributed by atoms with E-state index in [0.717, 1.165) is 5.69 Å². The molecule has 0 radical (unpaired) electrons. The van der Waals surface area contributed by atoms with E-state index in [2.05, 4.69) is 20.3 Å². The van der Waals surface area contributed by atoms with E-state index in [1.807, 2.05) is 49.4 Å². The van der Waals surface area contributed by atoms with Crippen LogP contribution in [0.25, 0.3) is 16.6 Å². The minimum atomic E-state index is -0.342. The van der Waals surface area contributed by atoms with Gasteiger partial charge in [-0.15, -0.1) is 0 Å². The van der Waals surface area contributed by atoms with Gasteiger partial charge in [-0.2, -0.15) is 15.0 Å². The fourth-order valence-corrected chi connectivity index (χ4v) is 4.88. The van der Waals surface area contributed by atoms with Crippen LogP contribution in [0.1, 0.15) is 18.0 Å². The lowest BCUT2D eigenvalue weighted by atomic mass is 10.2. The number of nitrogen functional groups attached to an aromatic ring is 1. The summed E-state index contributed by atoms with van der Waals surface area (Å²) >= 11 is 7.52. The number of aromatic nitrogens is 5. The van der Waals surface area contributed by atoms with Crippen molar-refractivity contribution in [1.82, 2.24) is 24.5 Å². The van der Waals surface area contributed by atoms with E-state index in [0.29, 0.717) is 44.3 Å². The van der Waals surface area contributed by atoms with E-state index in [4.69, 9.17) is 27.1 Å². The highest BCUT2D eigenvalue weighted by atomic mass is 35.5. The van der Waals surface area contributed by atoms with Crippen molar-refractivity contribution in [3.8, 4) is 11.4 Å². The molecule has 186 valence electrons. The van der Waals surface area contributed by atoms with Gasteiger partial charge in [0.1, 0.15) is 11.6 Å². The first-order valence-electron chi connectivity index (χ1n) is 11.3. The van der Waals surface area contributed by atoms with Crippen LogP contribution in [0.3, 0.4) is 0 Å². The van der Waals surface area contributed by atoms with Crippen LogP contribution in [0.4, 0.5) is 17.6 Å². The van der Waals surface area contributed by atoms with E-state index >= 15 is 0 Å². The summed E-state index contributed by atoms with van der Waals surface area (Å²) in [7, 11) is 1.56. The van der Waals surface area contributed by atoms with Gasteiger partial charge in [0.2, 0.25) is 11.9 Å². The molecule has 1 atom stereocenters. The number of para-hydroxylation sites is 3. The molecule has 5 rings (SSSR count). The number of nitrogens with one attached hydrogen (secondary N) is 1. The van der Waals surface area contributed by atoms with Gasteiger partial charge in [-0.05, 0) is 49.4 Å². The second-order valence-corrected chi connectivity index (χ2v) is 9.74. The zero-order valence-corrected chi connectivity index (χ0v) is 21.5. The Morgan fingerprint density at radius 1 is 1.00 bits per heavy atom. The second kappa shape index (κ2) is 10.5. The van der Waals surface area contributed by atoms with Crippen molar-refractivity contribution in [1.29, 1.82) is 0 Å². The monoisotopic (exact) mass is 531 g/mol. The minimum Gasteiger partial charge on any atom is -0.495 e. The second-order valence-electron chi connectivity index (χ2n) is 7.99. The topological polar surface area (TPSA) is 121 Å². The third kappa shape index (κ3) is 5.20. The fourth-order valence-electron chi connectivity index (χ4n) is 3.75. The summed E-state index contributed by atoms with van der Waals surface area (Å²) in [5.74, 6) is 1.37. The van der Waals surface area contributed by atoms with Crippen LogP contribution in [0, 0.1) is 0 Å². The number of thioether (sulfide) groups is 1. The first-order chi connectivity index (χ1) is 17.9. The predicted octanol–water partition coefficient (Wildman–Crippen LogP) is 5.41. The maximum absolute atomic E-state index is 13.7. The molecular weight excluding hydrogens is 510 g/mol. The number of ether oxygens (including phenoxy) is 1. The molecule has 1 unspecified atom stereocenters. The van der Waals surface area contributed by atoms with Crippen molar-refractivity contribution in [3.05, 3.63) is 94.0 Å². The van der Waals surface area contributed by atoms with E-state index in [-0.39, 0.29) is 16.8 Å². The zero-order chi connectivity index (χ0) is 25.9. The smallest absolute Gasteiger partial charge is 0.266 e. The Labute approximate surface area is 221 Å². The number of fused-ring (bicyclic) bond motifs is 1. The van der Waals surface area contributed by atoms with E-state index < -0.39 is 0 Å². The van der Waals surface area contributed by atoms with Crippen molar-refractivity contribution >= 4 is 51.8 Å². The average molecular weight is 532 g/mol. The largest absolute Gasteiger partial charge is 0.495 e. The van der Waals surface area contributed by atoms with Gasteiger partial charge in [-0.3, -0.25) is 9.36 Å². The van der Waals surface area contributed by atoms with E-state index in [1.54, 1.807) is 37.4 Å². The Morgan fingerprint density at radius 2 is 1.76 bits per heavy atom. The van der Waals surface area contributed by atoms with Crippen LogP contribution in [0.2, 0.25) is 5.02 Å². The fraction of sp³-hybridized carbons (Fsp3) is 0.115. The maximum Gasteiger partial charge on any atom is 0.266 e. The van der Waals surface area contributed by atoms with Crippen molar-refractivity contribution < 1.29 is 4.74 Å². The number of benzene rings is 3. The summed E-state index contributed by atoms with van der Waals surface area (Å²) < 4.78 is 7.07. The summed E-state index contributed by atoms with van der Waals surface area (Å²) in [5, 5.41) is 4.15. The molecule has 37 heavy (non-hydrogen) atoms. The summed E-state index contributed by atoms with van der Waals surface area (Å²) in [4.78, 5) is 31.6. The molecule has 2 heterocycles. The van der Waals surface area contributed by atoms with Crippen LogP contribution < -0.4 is 21.3 Å². The lowest BCUT2D eigenvalue weighted by molar-refractivity contribution is 0.411. The molecule has 0 aliphatic carbocycles. The van der Waals surface area contributed by atoms with Crippen LogP contribution in [0.5, 0.6) is 5.75 Å². The molecule has 0 amide bonds. The Hall–Kier alpha value is -4.15. The lowest BCUT2D eigenvalue weighted by Crippen LogP contribution is -2.22. The van der Waals surface area contributed by atoms with Gasteiger partial charge in [0, 0.05) is 10.7 Å². The molecule has 0 aliphatic rings. The molecule has 0 spiro atoms. The van der Waals surface area contributed by atoms with Crippen molar-refractivity contribution in [2.75, 3.05) is 18.2 Å². The molecule has 3 N–H and O–H groups in total. The highest BCUT2D eigenvalue weighted by molar-refractivity contribution is 7.99. The Bertz CT molecular complexity index is 1650. The highest BCUT2D eigenvalue weighted by Crippen LogP contribution is 2.35. The number of nitrogens with zero attached hydrogens (tertiary/aromatic N) is 5. The Morgan fingerprint density at radius 3 is 2.54 bits per heavy atom. The maximum atomic E-state index is 13.7. The lowest BCUT2D eigenvalue weighted by Gasteiger charge is -2.18. The van der Waals surface area contributed by atoms with Gasteiger partial charge >= 0.3 is 0 Å². The van der Waals surface area contributed by atoms with E-state index in [9.17, 15) is 4.79 Å². The molecular formula is C26H22ClN7O2S. The van der Waals surface area contributed by atoms with Crippen LogP contribution in [-0.4, -0.2) is 31.6 Å². The third-order valence-electron chi connectivity index (χ3n) is 5.47. The van der Waals surface area contributed by atoms with Crippen molar-refractivity contribution in [2.24, 2.45) is 0 Å². The van der Waals surface area contributed by atoms with Gasteiger partial charge in [0.15, 0.2) is 5.16 Å². The molecule has 0 aliphatic heterocycles. The van der Waals surface area contributed by atoms with Crippen molar-refractivity contribution in [2.45, 2.75) is 17.3 Å². The number of anilines is 3. The molecule has 0 saturated carbocycles. The number of halogens is 1. The Kier molecular flexibility index (Phi) is 6.93. The summed E-state index contributed by atoms with van der Waals surface area (Å²) in [6.07, 6.45) is 0. The summed E-state index contributed by atoms with van der Waals surface area (Å²) in [6.45, 7) is 1.91. The third-order valence-corrected chi connectivity index (χ3v) is 6.76. The van der Waals surface area contributed by atoms with Gasteiger partial charge < -0.3 is 15.8 Å². The van der Waals surface area contributed by atoms with Crippen molar-refractivity contribution in [3.63, 3.8) is 0 Å². The van der Waals surface area contributed by atoms with Gasteiger partial charge in [-0.25, -0.2) is 4.98 Å². The first-order valence-corrected chi connectivity index (χ1v) is 12.5. The molecule has 0 fully saturated rings. The SMILES string of the molecule is COc1ccccc1-n1c(SC(C)c2nc(N)nc(Nc3ccccc3)n2)nc2cc(Cl)ccc2c1=O. The van der Waals surface area contributed by atoms with Crippen LogP contribution in [-0.2, 0) is 0 Å². The summed E-state index contributed by atoms with van der Waals surface area (Å²) in [6, 6.07) is 21.8. The molecule has 0 saturated heterocycles. The molecule has 2 aromatic heterocycles. The number of methoxy groups -OCH3 is 1. The molecule has 5 aromatic rings. The zero-order valence-electron chi connectivity index (χ0n) is 19.9. The quantitative estimate of drug-likeness (QED) is 0.209. The molecule has 0 bridgehead atoms.